The molecule has 2 aromatic rings. The molecule has 0 aromatic heterocycles. The summed E-state index contributed by atoms with van der Waals surface area (Å²) in [6.45, 7) is 16.4. The topological polar surface area (TPSA) is 114 Å². The lowest BCUT2D eigenvalue weighted by atomic mass is 9.95. The molecule has 2 N–H and O–H groups in total. The summed E-state index contributed by atoms with van der Waals surface area (Å²) in [5.74, 6) is 0.989. The molecule has 0 saturated carbocycles. The number of alkyl carbamates (subject to hydrolysis) is 1. The fourth-order valence-electron chi connectivity index (χ4n) is 4.93. The lowest BCUT2D eigenvalue weighted by molar-refractivity contribution is -0.159. The molecule has 250 valence electrons. The van der Waals surface area contributed by atoms with Crippen LogP contribution >= 0.6 is 0 Å². The Labute approximate surface area is 274 Å². The fourth-order valence-corrected chi connectivity index (χ4v) is 4.93. The molecule has 2 rings (SSSR count). The van der Waals surface area contributed by atoms with Crippen molar-refractivity contribution >= 4 is 23.9 Å². The molecule has 0 heterocycles. The molecule has 0 aliphatic heterocycles. The van der Waals surface area contributed by atoms with Gasteiger partial charge < -0.3 is 25.0 Å². The van der Waals surface area contributed by atoms with E-state index in [-0.39, 0.29) is 18.9 Å². The Morgan fingerprint density at radius 1 is 0.848 bits per heavy atom. The third-order valence-electron chi connectivity index (χ3n) is 6.71. The number of hydrogen-bond donors (Lipinski definition) is 2. The number of nitrogens with one attached hydrogen (secondary N) is 2. The summed E-state index contributed by atoms with van der Waals surface area (Å²) >= 11 is 0. The smallest absolute Gasteiger partial charge is 0.408 e. The van der Waals surface area contributed by atoms with Crippen molar-refractivity contribution in [3.05, 3.63) is 71.3 Å². The maximum Gasteiger partial charge on any atom is 0.408 e. The molecular formula is C37H51N3O6. The monoisotopic (exact) mass is 633 g/mol. The average Bonchev–Trinajstić information content (AvgIpc) is 2.94. The van der Waals surface area contributed by atoms with Crippen molar-refractivity contribution in [2.24, 2.45) is 5.92 Å². The number of benzene rings is 2. The van der Waals surface area contributed by atoms with E-state index in [1.807, 2.05) is 51.1 Å². The Bertz CT molecular complexity index is 1370. The summed E-state index contributed by atoms with van der Waals surface area (Å²) in [6.07, 6.45) is 6.12. The van der Waals surface area contributed by atoms with E-state index in [0.29, 0.717) is 24.0 Å². The molecule has 3 unspecified atom stereocenters. The fraction of sp³-hybridized carbons (Fsp3) is 0.514. The van der Waals surface area contributed by atoms with E-state index in [1.54, 1.807) is 65.8 Å². The first-order chi connectivity index (χ1) is 21.5. The quantitative estimate of drug-likeness (QED) is 0.208. The molecular weight excluding hydrogens is 582 g/mol. The van der Waals surface area contributed by atoms with Gasteiger partial charge in [-0.1, -0.05) is 75.2 Å². The van der Waals surface area contributed by atoms with Crippen LogP contribution in [-0.4, -0.2) is 58.6 Å². The Kier molecular flexibility index (Phi) is 13.9. The number of esters is 1. The second-order valence-corrected chi connectivity index (χ2v) is 13.8. The van der Waals surface area contributed by atoms with Gasteiger partial charge in [-0.25, -0.2) is 9.59 Å². The number of carbonyl (C=O) groups excluding carboxylic acids is 4. The predicted octanol–water partition coefficient (Wildman–Crippen LogP) is 5.96. The van der Waals surface area contributed by atoms with Gasteiger partial charge in [-0.05, 0) is 77.5 Å². The van der Waals surface area contributed by atoms with Crippen LogP contribution in [0.1, 0.15) is 97.9 Å². The van der Waals surface area contributed by atoms with E-state index in [2.05, 4.69) is 16.6 Å². The summed E-state index contributed by atoms with van der Waals surface area (Å²) in [6, 6.07) is 12.9. The number of amides is 3. The van der Waals surface area contributed by atoms with Crippen molar-refractivity contribution in [3.8, 4) is 12.3 Å². The average molecular weight is 634 g/mol. The minimum Gasteiger partial charge on any atom is -0.458 e. The number of rotatable bonds is 13. The van der Waals surface area contributed by atoms with E-state index >= 15 is 0 Å². The highest BCUT2D eigenvalue weighted by Gasteiger charge is 2.39. The zero-order valence-corrected chi connectivity index (χ0v) is 28.8. The van der Waals surface area contributed by atoms with E-state index in [4.69, 9.17) is 15.9 Å². The molecule has 0 aliphatic carbocycles. The highest BCUT2D eigenvalue weighted by molar-refractivity contribution is 5.94. The predicted molar refractivity (Wildman–Crippen MR) is 180 cm³/mol. The van der Waals surface area contributed by atoms with E-state index in [9.17, 15) is 19.2 Å². The first-order valence-electron chi connectivity index (χ1n) is 15.9. The molecule has 3 atom stereocenters. The van der Waals surface area contributed by atoms with Crippen LogP contribution in [0.15, 0.2) is 54.6 Å². The molecule has 46 heavy (non-hydrogen) atoms. The molecule has 3 amide bonds. The summed E-state index contributed by atoms with van der Waals surface area (Å²) < 4.78 is 11.2. The summed E-state index contributed by atoms with van der Waals surface area (Å²) in [5.41, 5.74) is 0.0940. The molecule has 9 heteroatoms. The molecule has 0 aliphatic rings. The third-order valence-corrected chi connectivity index (χ3v) is 6.71. The van der Waals surface area contributed by atoms with Crippen LogP contribution < -0.4 is 10.6 Å². The minimum absolute atomic E-state index is 0.0278. The maximum absolute atomic E-state index is 14.5. The number of terminal acetylenes is 1. The van der Waals surface area contributed by atoms with E-state index in [0.717, 1.165) is 5.56 Å². The lowest BCUT2D eigenvalue weighted by Gasteiger charge is -2.36. The molecule has 2 aromatic carbocycles. The first-order valence-corrected chi connectivity index (χ1v) is 15.9. The van der Waals surface area contributed by atoms with E-state index < -0.39 is 53.2 Å². The Balaban J connectivity index is 2.64. The minimum atomic E-state index is -1.21. The lowest BCUT2D eigenvalue weighted by Crippen LogP contribution is -2.55. The molecule has 9 nitrogen and oxygen atoms in total. The molecule has 0 radical (unpaired) electrons. The normalized spacial score (nSPS) is 13.5. The van der Waals surface area contributed by atoms with Gasteiger partial charge in [0.1, 0.15) is 29.3 Å². The van der Waals surface area contributed by atoms with Crippen molar-refractivity contribution in [2.45, 2.75) is 111 Å². The number of carbonyl (C=O) groups is 4. The summed E-state index contributed by atoms with van der Waals surface area (Å²) in [5, 5.41) is 5.63. The second-order valence-electron chi connectivity index (χ2n) is 13.8. The van der Waals surface area contributed by atoms with Crippen molar-refractivity contribution < 1.29 is 28.7 Å². The van der Waals surface area contributed by atoms with Gasteiger partial charge in [0, 0.05) is 18.5 Å². The van der Waals surface area contributed by atoms with Gasteiger partial charge in [0.15, 0.2) is 0 Å². The van der Waals surface area contributed by atoms with Gasteiger partial charge in [0.05, 0.1) is 0 Å². The molecule has 0 saturated heterocycles. The van der Waals surface area contributed by atoms with Crippen LogP contribution in [0.3, 0.4) is 0 Å². The van der Waals surface area contributed by atoms with Crippen molar-refractivity contribution in [1.82, 2.24) is 15.5 Å². The first kappa shape index (κ1) is 37.9. The van der Waals surface area contributed by atoms with Crippen molar-refractivity contribution in [1.29, 1.82) is 0 Å². The van der Waals surface area contributed by atoms with Crippen LogP contribution in [0.2, 0.25) is 0 Å². The summed E-state index contributed by atoms with van der Waals surface area (Å²) in [7, 11) is 0. The Hall–Kier alpha value is -4.32. The summed E-state index contributed by atoms with van der Waals surface area (Å²) in [4.78, 5) is 56.6. The van der Waals surface area contributed by atoms with Crippen LogP contribution in [0, 0.1) is 18.3 Å². The van der Waals surface area contributed by atoms with Gasteiger partial charge in [-0.15, -0.1) is 6.42 Å². The van der Waals surface area contributed by atoms with Gasteiger partial charge in [-0.3, -0.25) is 9.59 Å². The van der Waals surface area contributed by atoms with Gasteiger partial charge in [0.2, 0.25) is 11.8 Å². The molecule has 0 fully saturated rings. The number of hydrogen-bond acceptors (Lipinski definition) is 6. The van der Waals surface area contributed by atoms with Crippen LogP contribution in [0.25, 0.3) is 0 Å². The van der Waals surface area contributed by atoms with Gasteiger partial charge in [-0.2, -0.15) is 0 Å². The van der Waals surface area contributed by atoms with Crippen LogP contribution in [-0.2, 0) is 30.3 Å². The van der Waals surface area contributed by atoms with Crippen LogP contribution in [0.4, 0.5) is 4.79 Å². The largest absolute Gasteiger partial charge is 0.458 e. The Morgan fingerprint density at radius 3 is 1.98 bits per heavy atom. The molecule has 0 bridgehead atoms. The van der Waals surface area contributed by atoms with Crippen molar-refractivity contribution in [2.75, 3.05) is 6.54 Å². The van der Waals surface area contributed by atoms with Gasteiger partial charge >= 0.3 is 12.1 Å². The second kappa shape index (κ2) is 16.8. The zero-order valence-electron chi connectivity index (χ0n) is 28.8. The van der Waals surface area contributed by atoms with Gasteiger partial charge in [0.25, 0.3) is 0 Å². The Morgan fingerprint density at radius 2 is 1.43 bits per heavy atom. The standard InChI is InChI=1S/C37H51N3O6/c1-11-22-40(33(42)29(23-25(3)4)39-35(44)46-37(8,9)10)31(28-21-17-16-20-27(28)12-2)32(41)38-30(34(43)45-36(5,6)7)24-26-18-14-13-15-19-26/h2,13-21,25,29-31H,11,22-24H2,1,3-10H3,(H,38,41)(H,39,44). The highest BCUT2D eigenvalue weighted by atomic mass is 16.6. The van der Waals surface area contributed by atoms with Crippen LogP contribution in [0.5, 0.6) is 0 Å². The highest BCUT2D eigenvalue weighted by Crippen LogP contribution is 2.27. The number of ether oxygens (including phenoxy) is 2. The zero-order chi connectivity index (χ0) is 34.7. The third kappa shape index (κ3) is 12.2. The SMILES string of the molecule is C#Cc1ccccc1C(C(=O)NC(Cc1ccccc1)C(=O)OC(C)(C)C)N(CCC)C(=O)C(CC(C)C)NC(=O)OC(C)(C)C. The van der Waals surface area contributed by atoms with E-state index in [1.165, 1.54) is 4.90 Å². The van der Waals surface area contributed by atoms with Crippen molar-refractivity contribution in [3.63, 3.8) is 0 Å². The number of nitrogens with zero attached hydrogens (tertiary/aromatic N) is 1. The molecule has 0 spiro atoms. The maximum atomic E-state index is 14.5.